The molecule has 1 fully saturated rings. The van der Waals surface area contributed by atoms with E-state index in [1.165, 1.54) is 0 Å². The summed E-state index contributed by atoms with van der Waals surface area (Å²) in [6.07, 6.45) is 1.08. The number of sulfone groups is 1. The highest BCUT2D eigenvalue weighted by atomic mass is 32.2. The lowest BCUT2D eigenvalue weighted by Crippen LogP contribution is -2.47. The summed E-state index contributed by atoms with van der Waals surface area (Å²) in [5.74, 6) is 0.689. The molecule has 19 heavy (non-hydrogen) atoms. The average Bonchev–Trinajstić information content (AvgIpc) is 2.42. The van der Waals surface area contributed by atoms with Gasteiger partial charge in [-0.1, -0.05) is 13.8 Å². The molecular weight excluding hydrogens is 260 g/mol. The molecule has 0 bridgehead atoms. The van der Waals surface area contributed by atoms with Gasteiger partial charge >= 0.3 is 0 Å². The van der Waals surface area contributed by atoms with Gasteiger partial charge in [0.05, 0.1) is 10.6 Å². The molecule has 2 unspecified atom stereocenters. The molecule has 4 nitrogen and oxygen atoms in total. The van der Waals surface area contributed by atoms with Gasteiger partial charge in [-0.2, -0.15) is 0 Å². The highest BCUT2D eigenvalue weighted by Crippen LogP contribution is 2.24. The molecule has 0 amide bonds. The number of rotatable bonds is 3. The molecule has 1 heterocycles. The fourth-order valence-corrected chi connectivity index (χ4v) is 3.25. The Kier molecular flexibility index (Phi) is 4.16. The molecular formula is C14H22N2O2S. The van der Waals surface area contributed by atoms with E-state index in [0.29, 0.717) is 10.8 Å². The summed E-state index contributed by atoms with van der Waals surface area (Å²) in [5.41, 5.74) is 7.14. The summed E-state index contributed by atoms with van der Waals surface area (Å²) in [4.78, 5) is 2.63. The van der Waals surface area contributed by atoms with Crippen LogP contribution < -0.4 is 10.6 Å². The number of hydrogen-bond donors (Lipinski definition) is 1. The molecule has 1 aliphatic heterocycles. The standard InChI is InChI=1S/C14H22N2O2S/c1-3-19(17,18)13-6-4-12(5-7-13)16-9-8-11(2)14(15)10-16/h4-7,11,14H,3,8-10,15H2,1-2H3. The maximum absolute atomic E-state index is 11.7. The Labute approximate surface area is 115 Å². The van der Waals surface area contributed by atoms with E-state index in [2.05, 4.69) is 11.8 Å². The first-order valence-corrected chi connectivity index (χ1v) is 8.42. The predicted molar refractivity (Wildman–Crippen MR) is 78.1 cm³/mol. The van der Waals surface area contributed by atoms with Gasteiger partial charge in [-0.3, -0.25) is 0 Å². The van der Waals surface area contributed by atoms with Crippen molar-refractivity contribution in [3.8, 4) is 0 Å². The van der Waals surface area contributed by atoms with Crippen molar-refractivity contribution in [1.82, 2.24) is 0 Å². The highest BCUT2D eigenvalue weighted by Gasteiger charge is 2.23. The van der Waals surface area contributed by atoms with Crippen LogP contribution in [-0.4, -0.2) is 33.3 Å². The van der Waals surface area contributed by atoms with Crippen molar-refractivity contribution >= 4 is 15.5 Å². The summed E-state index contributed by atoms with van der Waals surface area (Å²) < 4.78 is 23.5. The van der Waals surface area contributed by atoms with Crippen molar-refractivity contribution in [3.63, 3.8) is 0 Å². The van der Waals surface area contributed by atoms with Crippen LogP contribution in [0.4, 0.5) is 5.69 Å². The number of piperidine rings is 1. The molecule has 0 spiro atoms. The largest absolute Gasteiger partial charge is 0.370 e. The smallest absolute Gasteiger partial charge is 0.178 e. The SMILES string of the molecule is CCS(=O)(=O)c1ccc(N2CCC(C)C(N)C2)cc1. The van der Waals surface area contributed by atoms with Gasteiger partial charge in [0.15, 0.2) is 9.84 Å². The summed E-state index contributed by atoms with van der Waals surface area (Å²) in [6.45, 7) is 5.66. The van der Waals surface area contributed by atoms with Gasteiger partial charge in [0.1, 0.15) is 0 Å². The van der Waals surface area contributed by atoms with Crippen molar-refractivity contribution in [3.05, 3.63) is 24.3 Å². The quantitative estimate of drug-likeness (QED) is 0.915. The Morgan fingerprint density at radius 1 is 1.32 bits per heavy atom. The van der Waals surface area contributed by atoms with Crippen LogP contribution in [0.25, 0.3) is 0 Å². The molecule has 0 saturated carbocycles. The van der Waals surface area contributed by atoms with E-state index >= 15 is 0 Å². The van der Waals surface area contributed by atoms with Gasteiger partial charge in [0.2, 0.25) is 0 Å². The third-order valence-electron chi connectivity index (χ3n) is 3.96. The highest BCUT2D eigenvalue weighted by molar-refractivity contribution is 7.91. The predicted octanol–water partition coefficient (Wildman–Crippen LogP) is 1.65. The van der Waals surface area contributed by atoms with E-state index < -0.39 is 9.84 Å². The minimum atomic E-state index is -3.11. The van der Waals surface area contributed by atoms with Crippen LogP contribution in [0.5, 0.6) is 0 Å². The lowest BCUT2D eigenvalue weighted by atomic mass is 9.94. The van der Waals surface area contributed by atoms with Crippen LogP contribution in [0.3, 0.4) is 0 Å². The zero-order valence-electron chi connectivity index (χ0n) is 11.5. The van der Waals surface area contributed by atoms with Gasteiger partial charge < -0.3 is 10.6 Å². The second kappa shape index (κ2) is 5.51. The maximum atomic E-state index is 11.7. The van der Waals surface area contributed by atoms with E-state index in [9.17, 15) is 8.42 Å². The number of nitrogens with two attached hydrogens (primary N) is 1. The Balaban J connectivity index is 2.15. The number of anilines is 1. The van der Waals surface area contributed by atoms with Crippen LogP contribution in [0.1, 0.15) is 20.3 Å². The zero-order valence-corrected chi connectivity index (χ0v) is 12.4. The third-order valence-corrected chi connectivity index (χ3v) is 5.71. The van der Waals surface area contributed by atoms with E-state index in [1.807, 2.05) is 12.1 Å². The molecule has 2 rings (SSSR count). The number of benzene rings is 1. The van der Waals surface area contributed by atoms with Gasteiger partial charge in [0.25, 0.3) is 0 Å². The van der Waals surface area contributed by atoms with Crippen LogP contribution in [0, 0.1) is 5.92 Å². The van der Waals surface area contributed by atoms with Gasteiger partial charge in [-0.15, -0.1) is 0 Å². The van der Waals surface area contributed by atoms with Crippen molar-refractivity contribution in [2.75, 3.05) is 23.7 Å². The molecule has 5 heteroatoms. The second-order valence-electron chi connectivity index (χ2n) is 5.27. The Hall–Kier alpha value is -1.07. The molecule has 1 aromatic carbocycles. The molecule has 2 N–H and O–H groups in total. The normalized spacial score (nSPS) is 24.5. The van der Waals surface area contributed by atoms with Crippen LogP contribution >= 0.6 is 0 Å². The minimum absolute atomic E-state index is 0.137. The molecule has 2 atom stereocenters. The molecule has 1 saturated heterocycles. The van der Waals surface area contributed by atoms with Crippen LogP contribution in [0.15, 0.2) is 29.2 Å². The Morgan fingerprint density at radius 2 is 1.95 bits per heavy atom. The molecule has 0 radical (unpaired) electrons. The zero-order chi connectivity index (χ0) is 14.0. The lowest BCUT2D eigenvalue weighted by molar-refractivity contribution is 0.379. The van der Waals surface area contributed by atoms with Crippen LogP contribution in [-0.2, 0) is 9.84 Å². The monoisotopic (exact) mass is 282 g/mol. The summed E-state index contributed by atoms with van der Waals surface area (Å²) in [5, 5.41) is 0. The van der Waals surface area contributed by atoms with Gasteiger partial charge in [-0.25, -0.2) is 8.42 Å². The first kappa shape index (κ1) is 14.3. The van der Waals surface area contributed by atoms with Crippen molar-refractivity contribution in [2.24, 2.45) is 11.7 Å². The molecule has 1 aliphatic rings. The van der Waals surface area contributed by atoms with Crippen molar-refractivity contribution in [1.29, 1.82) is 0 Å². The Bertz CT molecular complexity index is 525. The fraction of sp³-hybridized carbons (Fsp3) is 0.571. The number of hydrogen-bond acceptors (Lipinski definition) is 4. The van der Waals surface area contributed by atoms with Crippen molar-refractivity contribution in [2.45, 2.75) is 31.2 Å². The van der Waals surface area contributed by atoms with Gasteiger partial charge in [-0.05, 0) is 36.6 Å². The second-order valence-corrected chi connectivity index (χ2v) is 7.55. The average molecular weight is 282 g/mol. The first-order chi connectivity index (χ1) is 8.94. The number of nitrogens with zero attached hydrogens (tertiary/aromatic N) is 1. The minimum Gasteiger partial charge on any atom is -0.370 e. The lowest BCUT2D eigenvalue weighted by Gasteiger charge is -2.36. The van der Waals surface area contributed by atoms with E-state index in [1.54, 1.807) is 19.1 Å². The molecule has 106 valence electrons. The third kappa shape index (κ3) is 3.09. The van der Waals surface area contributed by atoms with Crippen molar-refractivity contribution < 1.29 is 8.42 Å². The summed E-state index contributed by atoms with van der Waals surface area (Å²) in [6, 6.07) is 7.33. The summed E-state index contributed by atoms with van der Waals surface area (Å²) >= 11 is 0. The Morgan fingerprint density at radius 3 is 2.47 bits per heavy atom. The summed E-state index contributed by atoms with van der Waals surface area (Å²) in [7, 11) is -3.11. The maximum Gasteiger partial charge on any atom is 0.178 e. The first-order valence-electron chi connectivity index (χ1n) is 6.77. The fourth-order valence-electron chi connectivity index (χ4n) is 2.36. The molecule has 0 aromatic heterocycles. The molecule has 0 aliphatic carbocycles. The van der Waals surface area contributed by atoms with E-state index in [4.69, 9.17) is 5.73 Å². The van der Waals surface area contributed by atoms with E-state index in [0.717, 1.165) is 25.2 Å². The topological polar surface area (TPSA) is 63.4 Å². The van der Waals surface area contributed by atoms with E-state index in [-0.39, 0.29) is 11.8 Å². The van der Waals surface area contributed by atoms with Gasteiger partial charge in [0, 0.05) is 24.8 Å². The molecule has 1 aromatic rings. The van der Waals surface area contributed by atoms with Crippen LogP contribution in [0.2, 0.25) is 0 Å².